The highest BCUT2D eigenvalue weighted by Gasteiger charge is 2.32. The van der Waals surface area contributed by atoms with Crippen molar-refractivity contribution in [3.63, 3.8) is 0 Å². The molecule has 0 radical (unpaired) electrons. The lowest BCUT2D eigenvalue weighted by molar-refractivity contribution is 0.171. The van der Waals surface area contributed by atoms with E-state index in [1.165, 1.54) is 23.3 Å². The fourth-order valence-electron chi connectivity index (χ4n) is 4.38. The molecule has 1 fully saturated rings. The van der Waals surface area contributed by atoms with E-state index in [4.69, 9.17) is 27.9 Å². The van der Waals surface area contributed by atoms with Crippen molar-refractivity contribution in [2.24, 2.45) is 5.92 Å². The lowest BCUT2D eigenvalue weighted by Gasteiger charge is -2.36. The standard InChI is InChI=1S/C22H26Cl2N2O3S/c1-29-20-4-2-18-15-25(9-8-17(18)12-20)14-16-6-10-26(11-7-16)30(27,28)22-13-19(23)3-5-21(22)24/h2-5,12-13,16H,6-11,14-15H2,1H3. The predicted molar refractivity (Wildman–Crippen MR) is 120 cm³/mol. The third-order valence-corrected chi connectivity index (χ3v) is 8.72. The highest BCUT2D eigenvalue weighted by molar-refractivity contribution is 7.89. The number of sulfonamides is 1. The van der Waals surface area contributed by atoms with E-state index in [0.29, 0.717) is 24.0 Å². The highest BCUT2D eigenvalue weighted by atomic mass is 35.5. The van der Waals surface area contributed by atoms with Crippen LogP contribution >= 0.6 is 23.2 Å². The summed E-state index contributed by atoms with van der Waals surface area (Å²) < 4.78 is 32.9. The van der Waals surface area contributed by atoms with Gasteiger partial charge in [-0.2, -0.15) is 4.31 Å². The first-order valence-electron chi connectivity index (χ1n) is 10.2. The van der Waals surface area contributed by atoms with Gasteiger partial charge in [-0.25, -0.2) is 8.42 Å². The summed E-state index contributed by atoms with van der Waals surface area (Å²) in [6, 6.07) is 10.9. The molecule has 0 unspecified atom stereocenters. The van der Waals surface area contributed by atoms with E-state index >= 15 is 0 Å². The maximum Gasteiger partial charge on any atom is 0.244 e. The molecule has 2 aliphatic rings. The second-order valence-electron chi connectivity index (χ2n) is 8.04. The van der Waals surface area contributed by atoms with Crippen LogP contribution in [0.25, 0.3) is 0 Å². The topological polar surface area (TPSA) is 49.9 Å². The van der Waals surface area contributed by atoms with Crippen molar-refractivity contribution in [1.82, 2.24) is 9.21 Å². The number of ether oxygens (including phenoxy) is 1. The summed E-state index contributed by atoms with van der Waals surface area (Å²) in [7, 11) is -1.93. The molecule has 0 aromatic heterocycles. The van der Waals surface area contributed by atoms with Gasteiger partial charge in [0.05, 0.1) is 12.1 Å². The van der Waals surface area contributed by atoms with Crippen LogP contribution in [-0.4, -0.2) is 50.9 Å². The van der Waals surface area contributed by atoms with Gasteiger partial charge >= 0.3 is 0 Å². The molecule has 0 spiro atoms. The van der Waals surface area contributed by atoms with Gasteiger partial charge in [0.2, 0.25) is 10.0 Å². The number of fused-ring (bicyclic) bond motifs is 1. The van der Waals surface area contributed by atoms with Gasteiger partial charge in [-0.3, -0.25) is 4.90 Å². The van der Waals surface area contributed by atoms with Gasteiger partial charge in [-0.1, -0.05) is 29.3 Å². The van der Waals surface area contributed by atoms with Crippen molar-refractivity contribution >= 4 is 33.2 Å². The number of piperidine rings is 1. The molecule has 1 saturated heterocycles. The van der Waals surface area contributed by atoms with E-state index in [-0.39, 0.29) is 9.92 Å². The first kappa shape index (κ1) is 21.9. The number of nitrogens with zero attached hydrogens (tertiary/aromatic N) is 2. The van der Waals surface area contributed by atoms with Crippen LogP contribution in [-0.2, 0) is 23.0 Å². The van der Waals surface area contributed by atoms with Crippen LogP contribution in [0.1, 0.15) is 24.0 Å². The lowest BCUT2D eigenvalue weighted by atomic mass is 9.94. The molecule has 8 heteroatoms. The van der Waals surface area contributed by atoms with Gasteiger partial charge in [0.25, 0.3) is 0 Å². The van der Waals surface area contributed by atoms with E-state index in [0.717, 1.165) is 44.6 Å². The predicted octanol–water partition coefficient (Wildman–Crippen LogP) is 4.46. The summed E-state index contributed by atoms with van der Waals surface area (Å²) in [5.74, 6) is 1.40. The molecule has 2 aromatic carbocycles. The number of methoxy groups -OCH3 is 1. The molecule has 162 valence electrons. The number of hydrogen-bond acceptors (Lipinski definition) is 4. The molecule has 0 atom stereocenters. The zero-order valence-electron chi connectivity index (χ0n) is 17.0. The summed E-state index contributed by atoms with van der Waals surface area (Å²) in [6.45, 7) is 3.99. The normalized spacial score (nSPS) is 18.9. The molecule has 4 rings (SSSR count). The zero-order chi connectivity index (χ0) is 21.3. The van der Waals surface area contributed by atoms with E-state index in [1.807, 2.05) is 6.07 Å². The van der Waals surface area contributed by atoms with Gasteiger partial charge in [0.1, 0.15) is 10.6 Å². The molecule has 5 nitrogen and oxygen atoms in total. The van der Waals surface area contributed by atoms with Crippen LogP contribution in [0, 0.1) is 5.92 Å². The fourth-order valence-corrected chi connectivity index (χ4v) is 6.59. The van der Waals surface area contributed by atoms with Crippen LogP contribution < -0.4 is 4.74 Å². The molecular weight excluding hydrogens is 443 g/mol. The second-order valence-corrected chi connectivity index (χ2v) is 10.8. The Morgan fingerprint density at radius 3 is 2.53 bits per heavy atom. The maximum atomic E-state index is 13.0. The van der Waals surface area contributed by atoms with Crippen molar-refractivity contribution < 1.29 is 13.2 Å². The quantitative estimate of drug-likeness (QED) is 0.649. The van der Waals surface area contributed by atoms with Gasteiger partial charge < -0.3 is 4.74 Å². The average Bonchev–Trinajstić information content (AvgIpc) is 2.75. The monoisotopic (exact) mass is 468 g/mol. The molecule has 0 amide bonds. The van der Waals surface area contributed by atoms with Crippen molar-refractivity contribution in [2.45, 2.75) is 30.7 Å². The van der Waals surface area contributed by atoms with Crippen LogP contribution in [0.5, 0.6) is 5.75 Å². The van der Waals surface area contributed by atoms with E-state index in [9.17, 15) is 8.42 Å². The first-order chi connectivity index (χ1) is 14.4. The molecule has 0 bridgehead atoms. The molecule has 0 saturated carbocycles. The Morgan fingerprint density at radius 2 is 1.80 bits per heavy atom. The van der Waals surface area contributed by atoms with Gasteiger partial charge in [0, 0.05) is 37.7 Å². The maximum absolute atomic E-state index is 13.0. The number of halogens is 2. The van der Waals surface area contributed by atoms with Crippen LogP contribution in [0.15, 0.2) is 41.3 Å². The van der Waals surface area contributed by atoms with Gasteiger partial charge in [0.15, 0.2) is 0 Å². The number of rotatable bonds is 5. The van der Waals surface area contributed by atoms with E-state index < -0.39 is 10.0 Å². The fraction of sp³-hybridized carbons (Fsp3) is 0.455. The highest BCUT2D eigenvalue weighted by Crippen LogP contribution is 2.31. The first-order valence-corrected chi connectivity index (χ1v) is 12.4. The molecule has 30 heavy (non-hydrogen) atoms. The van der Waals surface area contributed by atoms with Crippen molar-refractivity contribution in [3.8, 4) is 5.75 Å². The Hall–Kier alpha value is -1.31. The van der Waals surface area contributed by atoms with Crippen LogP contribution in [0.2, 0.25) is 10.0 Å². The summed E-state index contributed by atoms with van der Waals surface area (Å²) in [5, 5.41) is 0.584. The van der Waals surface area contributed by atoms with Gasteiger partial charge in [-0.15, -0.1) is 0 Å². The Balaban J connectivity index is 1.35. The summed E-state index contributed by atoms with van der Waals surface area (Å²) >= 11 is 12.1. The van der Waals surface area contributed by atoms with Crippen LogP contribution in [0.4, 0.5) is 0 Å². The molecule has 0 aliphatic carbocycles. The van der Waals surface area contributed by atoms with Crippen molar-refractivity contribution in [2.75, 3.05) is 33.3 Å². The minimum Gasteiger partial charge on any atom is -0.497 e. The second kappa shape index (κ2) is 9.05. The Bertz CT molecular complexity index is 1020. The Labute approximate surface area is 188 Å². The van der Waals surface area contributed by atoms with Crippen LogP contribution in [0.3, 0.4) is 0 Å². The van der Waals surface area contributed by atoms with E-state index in [1.54, 1.807) is 17.5 Å². The average molecular weight is 469 g/mol. The largest absolute Gasteiger partial charge is 0.497 e. The minimum absolute atomic E-state index is 0.0955. The van der Waals surface area contributed by atoms with E-state index in [2.05, 4.69) is 17.0 Å². The third-order valence-electron chi connectivity index (χ3n) is 6.11. The summed E-state index contributed by atoms with van der Waals surface area (Å²) in [5.41, 5.74) is 2.72. The Kier molecular flexibility index (Phi) is 6.61. The van der Waals surface area contributed by atoms with Gasteiger partial charge in [-0.05, 0) is 66.6 Å². The molecule has 2 aliphatic heterocycles. The van der Waals surface area contributed by atoms with Crippen molar-refractivity contribution in [1.29, 1.82) is 0 Å². The molecule has 0 N–H and O–H groups in total. The molecule has 2 heterocycles. The minimum atomic E-state index is -3.63. The summed E-state index contributed by atoms with van der Waals surface area (Å²) in [4.78, 5) is 2.58. The SMILES string of the molecule is COc1ccc2c(c1)CCN(CC1CCN(S(=O)(=O)c3cc(Cl)ccc3Cl)CC1)C2. The summed E-state index contributed by atoms with van der Waals surface area (Å²) in [6.07, 6.45) is 2.72. The number of benzene rings is 2. The molecular formula is C22H26Cl2N2O3S. The Morgan fingerprint density at radius 1 is 1.03 bits per heavy atom. The van der Waals surface area contributed by atoms with Crippen molar-refractivity contribution in [3.05, 3.63) is 57.6 Å². The smallest absolute Gasteiger partial charge is 0.244 e. The lowest BCUT2D eigenvalue weighted by Crippen LogP contribution is -2.42. The zero-order valence-corrected chi connectivity index (χ0v) is 19.3. The third kappa shape index (κ3) is 4.63. The number of hydrogen-bond donors (Lipinski definition) is 0. The molecule has 2 aromatic rings.